The lowest BCUT2D eigenvalue weighted by Gasteiger charge is -2.13. The van der Waals surface area contributed by atoms with E-state index in [1.54, 1.807) is 0 Å². The normalized spacial score (nSPS) is 24.2. The van der Waals surface area contributed by atoms with Gasteiger partial charge in [-0.15, -0.1) is 0 Å². The second-order valence-corrected chi connectivity index (χ2v) is 4.70. The summed E-state index contributed by atoms with van der Waals surface area (Å²) in [6.07, 6.45) is 24.3. The van der Waals surface area contributed by atoms with Crippen molar-refractivity contribution in [2.45, 2.75) is 58.3 Å². The molecular weight excluding hydrogens is 192 g/mol. The van der Waals surface area contributed by atoms with Crippen LogP contribution in [-0.4, -0.2) is 0 Å². The lowest BCUT2D eigenvalue weighted by Crippen LogP contribution is -1.99. The van der Waals surface area contributed by atoms with E-state index in [9.17, 15) is 0 Å². The third-order valence-electron chi connectivity index (χ3n) is 3.26. The Labute approximate surface area is 101 Å². The number of hydrogen-bond acceptors (Lipinski definition) is 0. The summed E-state index contributed by atoms with van der Waals surface area (Å²) in [6, 6.07) is 0. The van der Waals surface area contributed by atoms with E-state index in [0.717, 1.165) is 5.92 Å². The summed E-state index contributed by atoms with van der Waals surface area (Å²) < 4.78 is 0. The quantitative estimate of drug-likeness (QED) is 0.542. The first-order valence-electron chi connectivity index (χ1n) is 6.84. The minimum atomic E-state index is 0.897. The van der Waals surface area contributed by atoms with E-state index in [1.807, 2.05) is 0 Å². The van der Waals surface area contributed by atoms with Crippen LogP contribution in [0.5, 0.6) is 0 Å². The lowest BCUT2D eigenvalue weighted by molar-refractivity contribution is 0.445. The predicted molar refractivity (Wildman–Crippen MR) is 73.5 cm³/mol. The van der Waals surface area contributed by atoms with Gasteiger partial charge in [0.2, 0.25) is 0 Å². The molecule has 0 N–H and O–H groups in total. The molecule has 1 rings (SSSR count). The van der Waals surface area contributed by atoms with E-state index in [-0.39, 0.29) is 0 Å². The Morgan fingerprint density at radius 2 is 1.62 bits per heavy atom. The summed E-state index contributed by atoms with van der Waals surface area (Å²) in [5.74, 6) is 0.897. The van der Waals surface area contributed by atoms with Crippen molar-refractivity contribution in [3.05, 3.63) is 36.5 Å². The Hall–Kier alpha value is -0.780. The van der Waals surface area contributed by atoms with Crippen LogP contribution < -0.4 is 0 Å². The molecule has 0 nitrogen and oxygen atoms in total. The highest BCUT2D eigenvalue weighted by Gasteiger charge is 2.05. The average Bonchev–Trinajstić information content (AvgIpc) is 2.28. The summed E-state index contributed by atoms with van der Waals surface area (Å²) in [4.78, 5) is 0. The highest BCUT2D eigenvalue weighted by atomic mass is 14.1. The first kappa shape index (κ1) is 13.3. The smallest absolute Gasteiger partial charge is 0.0316 e. The summed E-state index contributed by atoms with van der Waals surface area (Å²) in [7, 11) is 0. The molecule has 0 aromatic rings. The van der Waals surface area contributed by atoms with Crippen LogP contribution in [0.2, 0.25) is 0 Å². The van der Waals surface area contributed by atoms with E-state index < -0.39 is 0 Å². The molecule has 0 spiro atoms. The molecule has 0 saturated heterocycles. The molecule has 0 aliphatic heterocycles. The van der Waals surface area contributed by atoms with Crippen LogP contribution in [0.25, 0.3) is 0 Å². The first-order chi connectivity index (χ1) is 7.93. The van der Waals surface area contributed by atoms with Crippen molar-refractivity contribution in [3.63, 3.8) is 0 Å². The van der Waals surface area contributed by atoms with Crippen LogP contribution in [0, 0.1) is 5.92 Å². The molecule has 16 heavy (non-hydrogen) atoms. The van der Waals surface area contributed by atoms with Crippen molar-refractivity contribution < 1.29 is 0 Å². The van der Waals surface area contributed by atoms with Crippen LogP contribution in [0.15, 0.2) is 36.5 Å². The van der Waals surface area contributed by atoms with Gasteiger partial charge in [-0.3, -0.25) is 0 Å². The zero-order valence-electron chi connectivity index (χ0n) is 10.7. The number of allylic oxidation sites excluding steroid dienone is 6. The lowest BCUT2D eigenvalue weighted by atomic mass is 9.92. The van der Waals surface area contributed by atoms with Crippen molar-refractivity contribution in [3.8, 4) is 0 Å². The predicted octanol–water partition coefficient (Wildman–Crippen LogP) is 5.43. The first-order valence-corrected chi connectivity index (χ1v) is 6.84. The van der Waals surface area contributed by atoms with E-state index in [2.05, 4.69) is 43.4 Å². The van der Waals surface area contributed by atoms with Gasteiger partial charge in [-0.1, -0.05) is 36.5 Å². The third kappa shape index (κ3) is 6.66. The second-order valence-electron chi connectivity index (χ2n) is 4.70. The minimum absolute atomic E-state index is 0.897. The SMILES string of the molecule is CC=CCC1CCC=CCCC=CCCC1. The van der Waals surface area contributed by atoms with Crippen LogP contribution in [-0.2, 0) is 0 Å². The molecular formula is C16H26. The Balaban J connectivity index is 2.37. The summed E-state index contributed by atoms with van der Waals surface area (Å²) >= 11 is 0. The highest BCUT2D eigenvalue weighted by Crippen LogP contribution is 2.20. The van der Waals surface area contributed by atoms with Gasteiger partial charge in [-0.2, -0.15) is 0 Å². The summed E-state index contributed by atoms with van der Waals surface area (Å²) in [6.45, 7) is 2.12. The number of hydrogen-bond donors (Lipinski definition) is 0. The molecule has 0 radical (unpaired) electrons. The molecule has 0 aromatic carbocycles. The van der Waals surface area contributed by atoms with Gasteiger partial charge in [0.15, 0.2) is 0 Å². The van der Waals surface area contributed by atoms with Crippen molar-refractivity contribution >= 4 is 0 Å². The summed E-state index contributed by atoms with van der Waals surface area (Å²) in [5, 5.41) is 0. The van der Waals surface area contributed by atoms with Crippen LogP contribution in [0.1, 0.15) is 58.3 Å². The Morgan fingerprint density at radius 3 is 2.38 bits per heavy atom. The standard InChI is InChI=1S/C16H26/c1-2-3-13-16-14-11-9-7-5-4-6-8-10-12-15-16/h2-3,5,7-8,10,16H,4,6,9,11-15H2,1H3. The molecule has 0 bridgehead atoms. The maximum absolute atomic E-state index is 2.37. The maximum atomic E-state index is 2.37. The average molecular weight is 218 g/mol. The van der Waals surface area contributed by atoms with Crippen LogP contribution in [0.3, 0.4) is 0 Å². The molecule has 0 fully saturated rings. The van der Waals surface area contributed by atoms with Gasteiger partial charge >= 0.3 is 0 Å². The minimum Gasteiger partial charge on any atom is -0.0917 e. The molecule has 1 unspecified atom stereocenters. The third-order valence-corrected chi connectivity index (χ3v) is 3.26. The van der Waals surface area contributed by atoms with E-state index >= 15 is 0 Å². The van der Waals surface area contributed by atoms with Crippen molar-refractivity contribution in [1.82, 2.24) is 0 Å². The largest absolute Gasteiger partial charge is 0.0917 e. The van der Waals surface area contributed by atoms with Gasteiger partial charge in [0.25, 0.3) is 0 Å². The van der Waals surface area contributed by atoms with Crippen molar-refractivity contribution in [2.24, 2.45) is 5.92 Å². The van der Waals surface area contributed by atoms with Crippen LogP contribution in [0.4, 0.5) is 0 Å². The monoisotopic (exact) mass is 218 g/mol. The number of rotatable bonds is 2. The second kappa shape index (κ2) is 9.45. The van der Waals surface area contributed by atoms with Crippen molar-refractivity contribution in [1.29, 1.82) is 0 Å². The zero-order valence-corrected chi connectivity index (χ0v) is 10.7. The zero-order chi connectivity index (χ0) is 11.5. The Kier molecular flexibility index (Phi) is 7.84. The van der Waals surface area contributed by atoms with Gasteiger partial charge < -0.3 is 0 Å². The van der Waals surface area contributed by atoms with Crippen LogP contribution >= 0.6 is 0 Å². The Morgan fingerprint density at radius 1 is 0.938 bits per heavy atom. The fourth-order valence-corrected chi connectivity index (χ4v) is 2.23. The maximum Gasteiger partial charge on any atom is -0.0316 e. The van der Waals surface area contributed by atoms with E-state index in [1.165, 1.54) is 51.4 Å². The van der Waals surface area contributed by atoms with Gasteiger partial charge in [-0.25, -0.2) is 0 Å². The van der Waals surface area contributed by atoms with Gasteiger partial charge in [0.05, 0.1) is 0 Å². The van der Waals surface area contributed by atoms with Gasteiger partial charge in [0.1, 0.15) is 0 Å². The van der Waals surface area contributed by atoms with E-state index in [0.29, 0.717) is 0 Å². The molecule has 1 aliphatic carbocycles. The molecule has 0 amide bonds. The molecule has 0 heterocycles. The molecule has 1 atom stereocenters. The highest BCUT2D eigenvalue weighted by molar-refractivity contribution is 4.90. The van der Waals surface area contributed by atoms with Gasteiger partial charge in [-0.05, 0) is 64.2 Å². The molecule has 0 heteroatoms. The molecule has 90 valence electrons. The Bertz CT molecular complexity index is 232. The van der Waals surface area contributed by atoms with Gasteiger partial charge in [0, 0.05) is 0 Å². The fourth-order valence-electron chi connectivity index (χ4n) is 2.23. The van der Waals surface area contributed by atoms with E-state index in [4.69, 9.17) is 0 Å². The topological polar surface area (TPSA) is 0 Å². The molecule has 0 saturated carbocycles. The summed E-state index contributed by atoms with van der Waals surface area (Å²) in [5.41, 5.74) is 0. The van der Waals surface area contributed by atoms with Crippen molar-refractivity contribution in [2.75, 3.05) is 0 Å². The fraction of sp³-hybridized carbons (Fsp3) is 0.625. The molecule has 0 aromatic heterocycles. The molecule has 1 aliphatic rings.